The third-order valence-electron chi connectivity index (χ3n) is 3.05. The number of hydrogen-bond acceptors (Lipinski definition) is 5. The minimum absolute atomic E-state index is 0.690. The quantitative estimate of drug-likeness (QED) is 0.713. The molecule has 4 nitrogen and oxygen atoms in total. The average Bonchev–Trinajstić information content (AvgIpc) is 2.52. The molecule has 5 heteroatoms. The molecule has 0 radical (unpaired) electrons. The number of rotatable bonds is 4. The van der Waals surface area contributed by atoms with Crippen LogP contribution in [0.5, 0.6) is 11.5 Å². The molecule has 0 atom stereocenters. The molecular weight excluding hydrogens is 294 g/mol. The van der Waals surface area contributed by atoms with E-state index >= 15 is 0 Å². The number of hydrogen-bond donors (Lipinski definition) is 0. The SMILES string of the molecule is Cc1cccnc1Sc1cncc(Oc2cccnc2C)c1. The maximum absolute atomic E-state index is 5.86. The van der Waals surface area contributed by atoms with Crippen LogP contribution in [0.3, 0.4) is 0 Å². The lowest BCUT2D eigenvalue weighted by atomic mass is 10.3. The smallest absolute Gasteiger partial charge is 0.148 e. The molecule has 0 aromatic carbocycles. The van der Waals surface area contributed by atoms with Gasteiger partial charge in [0.2, 0.25) is 0 Å². The first kappa shape index (κ1) is 14.5. The fraction of sp³-hybridized carbons (Fsp3) is 0.118. The molecule has 3 aromatic rings. The molecule has 0 N–H and O–H groups in total. The molecule has 3 rings (SSSR count). The number of ether oxygens (including phenoxy) is 1. The van der Waals surface area contributed by atoms with Crippen LogP contribution in [0.1, 0.15) is 11.3 Å². The van der Waals surface area contributed by atoms with Crippen molar-refractivity contribution in [3.05, 3.63) is 66.4 Å². The van der Waals surface area contributed by atoms with Crippen molar-refractivity contribution in [1.82, 2.24) is 15.0 Å². The van der Waals surface area contributed by atoms with E-state index in [1.54, 1.807) is 30.4 Å². The number of nitrogens with zero attached hydrogens (tertiary/aromatic N) is 3. The molecule has 22 heavy (non-hydrogen) atoms. The second-order valence-electron chi connectivity index (χ2n) is 4.77. The summed E-state index contributed by atoms with van der Waals surface area (Å²) in [6, 6.07) is 9.68. The molecule has 3 heterocycles. The highest BCUT2D eigenvalue weighted by molar-refractivity contribution is 7.99. The summed E-state index contributed by atoms with van der Waals surface area (Å²) in [6.07, 6.45) is 7.04. The fourth-order valence-corrected chi connectivity index (χ4v) is 2.76. The largest absolute Gasteiger partial charge is 0.454 e. The van der Waals surface area contributed by atoms with Gasteiger partial charge in [0.1, 0.15) is 16.5 Å². The summed E-state index contributed by atoms with van der Waals surface area (Å²) in [5, 5.41) is 0.971. The van der Waals surface area contributed by atoms with Crippen molar-refractivity contribution in [3.63, 3.8) is 0 Å². The van der Waals surface area contributed by atoms with Crippen LogP contribution in [0.2, 0.25) is 0 Å². The third-order valence-corrected chi connectivity index (χ3v) is 4.13. The van der Waals surface area contributed by atoms with Gasteiger partial charge in [0.05, 0.1) is 11.9 Å². The zero-order chi connectivity index (χ0) is 15.4. The Hall–Kier alpha value is -2.40. The van der Waals surface area contributed by atoms with Crippen molar-refractivity contribution in [2.45, 2.75) is 23.8 Å². The van der Waals surface area contributed by atoms with E-state index in [0.717, 1.165) is 26.9 Å². The Morgan fingerprint density at radius 2 is 1.82 bits per heavy atom. The molecule has 0 bridgehead atoms. The molecular formula is C17H15N3OS. The van der Waals surface area contributed by atoms with E-state index in [2.05, 4.69) is 15.0 Å². The number of aromatic nitrogens is 3. The highest BCUT2D eigenvalue weighted by atomic mass is 32.2. The minimum Gasteiger partial charge on any atom is -0.454 e. The monoisotopic (exact) mass is 309 g/mol. The van der Waals surface area contributed by atoms with Gasteiger partial charge >= 0.3 is 0 Å². The first-order valence-corrected chi connectivity index (χ1v) is 7.68. The Labute approximate surface area is 133 Å². The van der Waals surface area contributed by atoms with E-state index in [1.807, 2.05) is 50.4 Å². The van der Waals surface area contributed by atoms with Crippen molar-refractivity contribution in [1.29, 1.82) is 0 Å². The number of pyridine rings is 3. The average molecular weight is 309 g/mol. The zero-order valence-corrected chi connectivity index (χ0v) is 13.2. The maximum Gasteiger partial charge on any atom is 0.148 e. The van der Waals surface area contributed by atoms with E-state index in [9.17, 15) is 0 Å². The lowest BCUT2D eigenvalue weighted by molar-refractivity contribution is 0.472. The van der Waals surface area contributed by atoms with Gasteiger partial charge in [-0.1, -0.05) is 17.8 Å². The molecule has 0 saturated heterocycles. The van der Waals surface area contributed by atoms with E-state index in [0.29, 0.717) is 5.75 Å². The summed E-state index contributed by atoms with van der Waals surface area (Å²) in [5.41, 5.74) is 1.99. The molecule has 0 aliphatic heterocycles. The van der Waals surface area contributed by atoms with Gasteiger partial charge in [-0.25, -0.2) is 4.98 Å². The number of aryl methyl sites for hydroxylation is 2. The van der Waals surface area contributed by atoms with Crippen LogP contribution in [0.25, 0.3) is 0 Å². The second-order valence-corrected chi connectivity index (χ2v) is 5.84. The third kappa shape index (κ3) is 3.43. The molecule has 0 amide bonds. The predicted molar refractivity (Wildman–Crippen MR) is 86.4 cm³/mol. The molecule has 0 aliphatic carbocycles. The molecule has 0 unspecified atom stereocenters. The zero-order valence-electron chi connectivity index (χ0n) is 12.4. The van der Waals surface area contributed by atoms with Crippen molar-refractivity contribution in [2.24, 2.45) is 0 Å². The van der Waals surface area contributed by atoms with Gasteiger partial charge in [0.25, 0.3) is 0 Å². The van der Waals surface area contributed by atoms with Gasteiger partial charge in [-0.15, -0.1) is 0 Å². The Balaban J connectivity index is 1.81. The van der Waals surface area contributed by atoms with E-state index in [-0.39, 0.29) is 0 Å². The summed E-state index contributed by atoms with van der Waals surface area (Å²) >= 11 is 1.57. The van der Waals surface area contributed by atoms with Crippen LogP contribution >= 0.6 is 11.8 Å². The van der Waals surface area contributed by atoms with Gasteiger partial charge < -0.3 is 4.74 Å². The van der Waals surface area contributed by atoms with Gasteiger partial charge in [0, 0.05) is 23.5 Å². The van der Waals surface area contributed by atoms with E-state index < -0.39 is 0 Å². The van der Waals surface area contributed by atoms with Crippen LogP contribution < -0.4 is 4.74 Å². The second kappa shape index (κ2) is 6.58. The highest BCUT2D eigenvalue weighted by Gasteiger charge is 2.06. The first-order valence-electron chi connectivity index (χ1n) is 6.86. The van der Waals surface area contributed by atoms with Gasteiger partial charge in [-0.05, 0) is 43.7 Å². The predicted octanol–water partition coefficient (Wildman–Crippen LogP) is 4.43. The Morgan fingerprint density at radius 3 is 2.64 bits per heavy atom. The summed E-state index contributed by atoms with van der Waals surface area (Å²) in [6.45, 7) is 3.96. The van der Waals surface area contributed by atoms with E-state index in [1.165, 1.54) is 0 Å². The highest BCUT2D eigenvalue weighted by Crippen LogP contribution is 2.31. The summed E-state index contributed by atoms with van der Waals surface area (Å²) < 4.78 is 5.86. The first-order chi connectivity index (χ1) is 10.7. The van der Waals surface area contributed by atoms with Crippen molar-refractivity contribution in [3.8, 4) is 11.5 Å². The van der Waals surface area contributed by atoms with Crippen molar-refractivity contribution in [2.75, 3.05) is 0 Å². The summed E-state index contributed by atoms with van der Waals surface area (Å²) in [7, 11) is 0. The Bertz CT molecular complexity index is 729. The molecule has 0 saturated carbocycles. The lowest BCUT2D eigenvalue weighted by Crippen LogP contribution is -1.91. The summed E-state index contributed by atoms with van der Waals surface area (Å²) in [5.74, 6) is 1.43. The topological polar surface area (TPSA) is 47.9 Å². The Morgan fingerprint density at radius 1 is 1.00 bits per heavy atom. The fourth-order valence-electron chi connectivity index (χ4n) is 1.90. The lowest BCUT2D eigenvalue weighted by Gasteiger charge is -2.09. The Kier molecular flexibility index (Phi) is 4.34. The van der Waals surface area contributed by atoms with Crippen LogP contribution in [-0.4, -0.2) is 15.0 Å². The van der Waals surface area contributed by atoms with Crippen LogP contribution in [0.4, 0.5) is 0 Å². The normalized spacial score (nSPS) is 10.5. The standard InChI is InChI=1S/C17H15N3OS/c1-12-5-3-8-20-17(12)22-15-9-14(10-18-11-15)21-16-6-4-7-19-13(16)2/h3-11H,1-2H3. The van der Waals surface area contributed by atoms with Crippen molar-refractivity contribution >= 4 is 11.8 Å². The van der Waals surface area contributed by atoms with Gasteiger partial charge in [-0.2, -0.15) is 0 Å². The molecule has 0 spiro atoms. The van der Waals surface area contributed by atoms with Crippen LogP contribution in [-0.2, 0) is 0 Å². The molecule has 0 aliphatic rings. The minimum atomic E-state index is 0.690. The van der Waals surface area contributed by atoms with E-state index in [4.69, 9.17) is 4.74 Å². The molecule has 110 valence electrons. The molecule has 3 aromatic heterocycles. The van der Waals surface area contributed by atoms with Crippen LogP contribution in [0.15, 0.2) is 65.0 Å². The summed E-state index contributed by atoms with van der Waals surface area (Å²) in [4.78, 5) is 13.8. The van der Waals surface area contributed by atoms with Crippen LogP contribution in [0, 0.1) is 13.8 Å². The van der Waals surface area contributed by atoms with Crippen molar-refractivity contribution < 1.29 is 4.74 Å². The molecule has 0 fully saturated rings. The van der Waals surface area contributed by atoms with Gasteiger partial charge in [-0.3, -0.25) is 9.97 Å². The maximum atomic E-state index is 5.86. The van der Waals surface area contributed by atoms with Gasteiger partial charge in [0.15, 0.2) is 0 Å².